The van der Waals surface area contributed by atoms with E-state index in [1.807, 2.05) is 0 Å². The maximum absolute atomic E-state index is 2.46. The van der Waals surface area contributed by atoms with Gasteiger partial charge in [-0.3, -0.25) is 0 Å². The zero-order valence-electron chi connectivity index (χ0n) is 23.2. The highest BCUT2D eigenvalue weighted by Crippen LogP contribution is 2.54. The van der Waals surface area contributed by atoms with E-state index in [-0.39, 0.29) is 5.41 Å². The lowest BCUT2D eigenvalue weighted by atomic mass is 9.77. The summed E-state index contributed by atoms with van der Waals surface area (Å²) in [6, 6.07) is 49.8. The molecule has 41 heavy (non-hydrogen) atoms. The molecule has 8 aromatic carbocycles. The first kappa shape index (κ1) is 22.8. The Hall–Kier alpha value is -4.94. The largest absolute Gasteiger partial charge is 0.0616 e. The summed E-state index contributed by atoms with van der Waals surface area (Å²) in [5, 5.41) is 13.3. The van der Waals surface area contributed by atoms with E-state index in [4.69, 9.17) is 0 Å². The van der Waals surface area contributed by atoms with Crippen molar-refractivity contribution in [2.75, 3.05) is 0 Å². The summed E-state index contributed by atoms with van der Waals surface area (Å²) in [5.74, 6) is 0. The summed E-state index contributed by atoms with van der Waals surface area (Å²) in [4.78, 5) is 0. The Morgan fingerprint density at radius 2 is 1.00 bits per heavy atom. The summed E-state index contributed by atoms with van der Waals surface area (Å²) < 4.78 is 0. The molecule has 0 heterocycles. The van der Waals surface area contributed by atoms with Gasteiger partial charge in [0.15, 0.2) is 0 Å². The lowest BCUT2D eigenvalue weighted by molar-refractivity contribution is 0.667. The van der Waals surface area contributed by atoms with E-state index in [1.54, 1.807) is 0 Å². The Balaban J connectivity index is 1.38. The SMILES string of the molecule is CC1(C)c2cc(-c3cccc4ccccc34)ccc2-c2ccc3c4ccccc4c4cc5ccccc5cc4c3c21. The van der Waals surface area contributed by atoms with Gasteiger partial charge in [0.2, 0.25) is 0 Å². The third-order valence-corrected chi connectivity index (χ3v) is 9.58. The normalized spacial score (nSPS) is 13.8. The van der Waals surface area contributed by atoms with Gasteiger partial charge >= 0.3 is 0 Å². The van der Waals surface area contributed by atoms with E-state index in [0.29, 0.717) is 0 Å². The number of fused-ring (bicyclic) bond motifs is 12. The quantitative estimate of drug-likeness (QED) is 0.149. The van der Waals surface area contributed by atoms with Crippen molar-refractivity contribution in [1.82, 2.24) is 0 Å². The van der Waals surface area contributed by atoms with Crippen LogP contribution in [0.4, 0.5) is 0 Å². The number of hydrogen-bond donors (Lipinski definition) is 0. The molecule has 0 heteroatoms. The fourth-order valence-corrected chi connectivity index (χ4v) is 7.68. The minimum Gasteiger partial charge on any atom is -0.0616 e. The minimum absolute atomic E-state index is 0.147. The molecule has 0 nitrogen and oxygen atoms in total. The van der Waals surface area contributed by atoms with Gasteiger partial charge in [-0.15, -0.1) is 0 Å². The molecule has 0 saturated heterocycles. The third kappa shape index (κ3) is 3.05. The Morgan fingerprint density at radius 3 is 1.78 bits per heavy atom. The summed E-state index contributed by atoms with van der Waals surface area (Å²) >= 11 is 0. The fraction of sp³-hybridized carbons (Fsp3) is 0.0732. The van der Waals surface area contributed by atoms with E-state index in [9.17, 15) is 0 Å². The first-order chi connectivity index (χ1) is 20.1. The molecule has 0 radical (unpaired) electrons. The summed E-state index contributed by atoms with van der Waals surface area (Å²) in [5.41, 5.74) is 8.02. The van der Waals surface area contributed by atoms with Crippen molar-refractivity contribution in [2.24, 2.45) is 0 Å². The second-order valence-corrected chi connectivity index (χ2v) is 12.1. The second kappa shape index (κ2) is 8.05. The van der Waals surface area contributed by atoms with Crippen LogP contribution in [0.1, 0.15) is 25.0 Å². The number of benzene rings is 8. The van der Waals surface area contributed by atoms with E-state index < -0.39 is 0 Å². The molecule has 1 aliphatic carbocycles. The molecule has 0 spiro atoms. The van der Waals surface area contributed by atoms with Crippen molar-refractivity contribution in [3.05, 3.63) is 145 Å². The second-order valence-electron chi connectivity index (χ2n) is 12.1. The van der Waals surface area contributed by atoms with Gasteiger partial charge in [0.25, 0.3) is 0 Å². The molecule has 9 rings (SSSR count). The van der Waals surface area contributed by atoms with Crippen molar-refractivity contribution in [2.45, 2.75) is 19.3 Å². The summed E-state index contributed by atoms with van der Waals surface area (Å²) in [7, 11) is 0. The standard InChI is InChI=1S/C41H28/c1-41(2)38-24-28(30-17-9-13-25-10-5-6-14-29(25)30)18-19-33(38)35-21-20-34-31-15-7-8-16-32(31)36-22-26-11-3-4-12-27(26)23-37(36)39(34)40(35)41/h3-24H,1-2H3. The van der Waals surface area contributed by atoms with E-state index in [2.05, 4.69) is 147 Å². The molecule has 1 aliphatic rings. The number of hydrogen-bond acceptors (Lipinski definition) is 0. The lowest BCUT2D eigenvalue weighted by Gasteiger charge is -2.25. The molecule has 0 N–H and O–H groups in total. The lowest BCUT2D eigenvalue weighted by Crippen LogP contribution is -2.16. The Kier molecular flexibility index (Phi) is 4.49. The van der Waals surface area contributed by atoms with Crippen molar-refractivity contribution in [1.29, 1.82) is 0 Å². The van der Waals surface area contributed by atoms with Gasteiger partial charge in [0.05, 0.1) is 0 Å². The van der Waals surface area contributed by atoms with Crippen LogP contribution in [0.5, 0.6) is 0 Å². The van der Waals surface area contributed by atoms with E-state index in [1.165, 1.54) is 87.2 Å². The van der Waals surface area contributed by atoms with Crippen LogP contribution in [0, 0.1) is 0 Å². The van der Waals surface area contributed by atoms with Crippen molar-refractivity contribution >= 4 is 53.9 Å². The molecule has 0 fully saturated rings. The summed E-state index contributed by atoms with van der Waals surface area (Å²) in [6.07, 6.45) is 0. The Labute approximate surface area is 239 Å². The highest BCUT2D eigenvalue weighted by molar-refractivity contribution is 6.29. The average molecular weight is 521 g/mol. The monoisotopic (exact) mass is 520 g/mol. The van der Waals surface area contributed by atoms with Crippen LogP contribution in [0.2, 0.25) is 0 Å². The third-order valence-electron chi connectivity index (χ3n) is 9.58. The van der Waals surface area contributed by atoms with Crippen LogP contribution >= 0.6 is 0 Å². The van der Waals surface area contributed by atoms with Crippen molar-refractivity contribution in [3.63, 3.8) is 0 Å². The van der Waals surface area contributed by atoms with Crippen LogP contribution in [0.25, 0.3) is 76.1 Å². The summed E-state index contributed by atoms with van der Waals surface area (Å²) in [6.45, 7) is 4.85. The van der Waals surface area contributed by atoms with Crippen LogP contribution in [0.3, 0.4) is 0 Å². The zero-order chi connectivity index (χ0) is 27.3. The van der Waals surface area contributed by atoms with Gasteiger partial charge < -0.3 is 0 Å². The molecule has 0 saturated carbocycles. The fourth-order valence-electron chi connectivity index (χ4n) is 7.68. The van der Waals surface area contributed by atoms with Crippen LogP contribution in [0.15, 0.2) is 133 Å². The van der Waals surface area contributed by atoms with Crippen LogP contribution < -0.4 is 0 Å². The minimum atomic E-state index is -0.147. The number of rotatable bonds is 1. The first-order valence-electron chi connectivity index (χ1n) is 14.5. The molecule has 0 bridgehead atoms. The molecule has 0 atom stereocenters. The molecular formula is C41H28. The van der Waals surface area contributed by atoms with Crippen molar-refractivity contribution < 1.29 is 0 Å². The van der Waals surface area contributed by atoms with Crippen LogP contribution in [-0.4, -0.2) is 0 Å². The van der Waals surface area contributed by atoms with Gasteiger partial charge in [-0.1, -0.05) is 129 Å². The molecule has 0 amide bonds. The topological polar surface area (TPSA) is 0 Å². The Bertz CT molecular complexity index is 2380. The van der Waals surface area contributed by atoms with Gasteiger partial charge in [-0.05, 0) is 105 Å². The van der Waals surface area contributed by atoms with E-state index in [0.717, 1.165) is 0 Å². The molecule has 0 aliphatic heterocycles. The van der Waals surface area contributed by atoms with Gasteiger partial charge in [0.1, 0.15) is 0 Å². The van der Waals surface area contributed by atoms with Gasteiger partial charge in [0, 0.05) is 5.41 Å². The highest BCUT2D eigenvalue weighted by Gasteiger charge is 2.38. The van der Waals surface area contributed by atoms with E-state index >= 15 is 0 Å². The maximum atomic E-state index is 2.46. The predicted octanol–water partition coefficient (Wildman–Crippen LogP) is 11.4. The molecule has 8 aromatic rings. The zero-order valence-corrected chi connectivity index (χ0v) is 23.2. The first-order valence-corrected chi connectivity index (χ1v) is 14.5. The maximum Gasteiger partial charge on any atom is 0.0165 e. The van der Waals surface area contributed by atoms with Gasteiger partial charge in [-0.2, -0.15) is 0 Å². The van der Waals surface area contributed by atoms with Crippen LogP contribution in [-0.2, 0) is 5.41 Å². The Morgan fingerprint density at radius 1 is 0.390 bits per heavy atom. The van der Waals surface area contributed by atoms with Crippen molar-refractivity contribution in [3.8, 4) is 22.3 Å². The highest BCUT2D eigenvalue weighted by atomic mass is 14.4. The average Bonchev–Trinajstić information content (AvgIpc) is 3.25. The smallest absolute Gasteiger partial charge is 0.0165 e. The molecule has 0 aromatic heterocycles. The predicted molar refractivity (Wildman–Crippen MR) is 177 cm³/mol. The molecule has 0 unspecified atom stereocenters. The molecule has 192 valence electrons. The molecular weight excluding hydrogens is 492 g/mol. The van der Waals surface area contributed by atoms with Gasteiger partial charge in [-0.25, -0.2) is 0 Å².